The maximum atomic E-state index is 13.4. The molecule has 5 heteroatoms. The number of carbonyl (C=O) groups excluding carboxylic acids is 1. The van der Waals surface area contributed by atoms with E-state index in [2.05, 4.69) is 0 Å². The molecular weight excluding hydrogens is 312 g/mol. The van der Waals surface area contributed by atoms with Crippen molar-refractivity contribution >= 4 is 5.91 Å². The number of hydrogen-bond donors (Lipinski definition) is 0. The molecule has 0 unspecified atom stereocenters. The zero-order chi connectivity index (χ0) is 16.9. The van der Waals surface area contributed by atoms with Crippen LogP contribution in [0.15, 0.2) is 71.3 Å². The van der Waals surface area contributed by atoms with Crippen molar-refractivity contribution in [3.63, 3.8) is 0 Å². The lowest BCUT2D eigenvalue weighted by Crippen LogP contribution is -2.30. The molecule has 3 rings (SSSR count). The van der Waals surface area contributed by atoms with E-state index >= 15 is 0 Å². The largest absolute Gasteiger partial charge is 0.467 e. The number of furan rings is 1. The Kier molecular flexibility index (Phi) is 4.70. The molecule has 1 heterocycles. The van der Waals surface area contributed by atoms with Crippen LogP contribution in [-0.2, 0) is 13.1 Å². The van der Waals surface area contributed by atoms with Crippen molar-refractivity contribution in [2.45, 2.75) is 13.1 Å². The Bertz CT molecular complexity index is 796. The highest BCUT2D eigenvalue weighted by Crippen LogP contribution is 2.16. The summed E-state index contributed by atoms with van der Waals surface area (Å²) in [5.74, 6) is -1.43. The molecule has 24 heavy (non-hydrogen) atoms. The smallest absolute Gasteiger partial charge is 0.254 e. The van der Waals surface area contributed by atoms with Crippen LogP contribution in [0.5, 0.6) is 0 Å². The Balaban J connectivity index is 1.89. The van der Waals surface area contributed by atoms with Gasteiger partial charge < -0.3 is 9.32 Å². The SMILES string of the molecule is O=C(c1cc(F)cc(F)c1)N(Cc1ccccc1)Cc1ccco1. The Morgan fingerprint density at radius 3 is 2.25 bits per heavy atom. The Morgan fingerprint density at radius 2 is 1.62 bits per heavy atom. The number of nitrogens with zero attached hydrogens (tertiary/aromatic N) is 1. The number of carbonyl (C=O) groups is 1. The summed E-state index contributed by atoms with van der Waals surface area (Å²) in [7, 11) is 0. The summed E-state index contributed by atoms with van der Waals surface area (Å²) in [5, 5.41) is 0. The summed E-state index contributed by atoms with van der Waals surface area (Å²) in [6, 6.07) is 15.7. The lowest BCUT2D eigenvalue weighted by atomic mass is 10.1. The highest BCUT2D eigenvalue weighted by atomic mass is 19.1. The van der Waals surface area contributed by atoms with Crippen LogP contribution in [0.1, 0.15) is 21.7 Å². The zero-order valence-electron chi connectivity index (χ0n) is 12.8. The fourth-order valence-corrected chi connectivity index (χ4v) is 2.45. The lowest BCUT2D eigenvalue weighted by Gasteiger charge is -2.22. The molecule has 0 saturated carbocycles. The van der Waals surface area contributed by atoms with Gasteiger partial charge in [0, 0.05) is 18.2 Å². The second kappa shape index (κ2) is 7.08. The van der Waals surface area contributed by atoms with Gasteiger partial charge in [-0.25, -0.2) is 8.78 Å². The minimum absolute atomic E-state index is 0.0324. The third kappa shape index (κ3) is 3.87. The summed E-state index contributed by atoms with van der Waals surface area (Å²) in [6.45, 7) is 0.511. The van der Waals surface area contributed by atoms with Crippen LogP contribution in [0.4, 0.5) is 8.78 Å². The summed E-state index contributed by atoms with van der Waals surface area (Å²) < 4.78 is 32.1. The molecular formula is C19H15F2NO2. The first-order valence-corrected chi connectivity index (χ1v) is 7.43. The predicted molar refractivity (Wildman–Crippen MR) is 85.1 cm³/mol. The monoisotopic (exact) mass is 327 g/mol. The predicted octanol–water partition coefficient (Wildman–Crippen LogP) is 4.40. The van der Waals surface area contributed by atoms with Gasteiger partial charge in [-0.2, -0.15) is 0 Å². The maximum Gasteiger partial charge on any atom is 0.254 e. The lowest BCUT2D eigenvalue weighted by molar-refractivity contribution is 0.0716. The maximum absolute atomic E-state index is 13.4. The van der Waals surface area contributed by atoms with Crippen molar-refractivity contribution in [1.82, 2.24) is 4.90 Å². The van der Waals surface area contributed by atoms with E-state index in [4.69, 9.17) is 4.42 Å². The minimum Gasteiger partial charge on any atom is -0.467 e. The molecule has 0 aliphatic carbocycles. The van der Waals surface area contributed by atoms with Gasteiger partial charge in [0.2, 0.25) is 0 Å². The van der Waals surface area contributed by atoms with Gasteiger partial charge in [0.25, 0.3) is 5.91 Å². The highest BCUT2D eigenvalue weighted by molar-refractivity contribution is 5.94. The fourth-order valence-electron chi connectivity index (χ4n) is 2.45. The van der Waals surface area contributed by atoms with E-state index in [-0.39, 0.29) is 12.1 Å². The van der Waals surface area contributed by atoms with Gasteiger partial charge in [0.1, 0.15) is 17.4 Å². The molecule has 0 aliphatic heterocycles. The molecule has 0 bridgehead atoms. The minimum atomic E-state index is -0.781. The summed E-state index contributed by atoms with van der Waals surface area (Å²) in [4.78, 5) is 14.2. The van der Waals surface area contributed by atoms with Crippen molar-refractivity contribution in [2.24, 2.45) is 0 Å². The molecule has 2 aromatic carbocycles. The number of hydrogen-bond acceptors (Lipinski definition) is 2. The normalized spacial score (nSPS) is 10.6. The summed E-state index contributed by atoms with van der Waals surface area (Å²) in [5.41, 5.74) is 0.879. The van der Waals surface area contributed by atoms with Gasteiger partial charge in [0.15, 0.2) is 0 Å². The van der Waals surface area contributed by atoms with E-state index in [1.807, 2.05) is 30.3 Å². The third-order valence-electron chi connectivity index (χ3n) is 3.54. The molecule has 0 N–H and O–H groups in total. The van der Waals surface area contributed by atoms with Gasteiger partial charge in [-0.1, -0.05) is 30.3 Å². The van der Waals surface area contributed by atoms with Crippen LogP contribution >= 0.6 is 0 Å². The molecule has 0 aliphatic rings. The molecule has 0 atom stereocenters. The number of amides is 1. The van der Waals surface area contributed by atoms with Crippen molar-refractivity contribution < 1.29 is 18.0 Å². The topological polar surface area (TPSA) is 33.5 Å². The quantitative estimate of drug-likeness (QED) is 0.696. The molecule has 0 saturated heterocycles. The van der Waals surface area contributed by atoms with Crippen LogP contribution < -0.4 is 0 Å². The Hall–Kier alpha value is -2.95. The first-order chi connectivity index (χ1) is 11.6. The van der Waals surface area contributed by atoms with Crippen molar-refractivity contribution in [3.8, 4) is 0 Å². The molecule has 0 radical (unpaired) electrons. The van der Waals surface area contributed by atoms with E-state index in [1.54, 1.807) is 12.1 Å². The second-order valence-corrected chi connectivity index (χ2v) is 5.38. The van der Waals surface area contributed by atoms with Gasteiger partial charge in [-0.3, -0.25) is 4.79 Å². The van der Waals surface area contributed by atoms with Gasteiger partial charge in [0.05, 0.1) is 12.8 Å². The Labute approximate surface area is 138 Å². The van der Waals surface area contributed by atoms with Gasteiger partial charge >= 0.3 is 0 Å². The van der Waals surface area contributed by atoms with E-state index in [0.29, 0.717) is 12.3 Å². The number of benzene rings is 2. The van der Waals surface area contributed by atoms with Crippen LogP contribution in [0.3, 0.4) is 0 Å². The third-order valence-corrected chi connectivity index (χ3v) is 3.54. The summed E-state index contributed by atoms with van der Waals surface area (Å²) in [6.07, 6.45) is 1.52. The summed E-state index contributed by atoms with van der Waals surface area (Å²) >= 11 is 0. The van der Waals surface area contributed by atoms with Crippen molar-refractivity contribution in [1.29, 1.82) is 0 Å². The van der Waals surface area contributed by atoms with Crippen molar-refractivity contribution in [3.05, 3.63) is 95.4 Å². The first-order valence-electron chi connectivity index (χ1n) is 7.43. The standard InChI is InChI=1S/C19H15F2NO2/c20-16-9-15(10-17(21)11-16)19(23)22(13-18-7-4-8-24-18)12-14-5-2-1-3-6-14/h1-11H,12-13H2. The van der Waals surface area contributed by atoms with Gasteiger partial charge in [-0.15, -0.1) is 0 Å². The first kappa shape index (κ1) is 15.9. The Morgan fingerprint density at radius 1 is 0.917 bits per heavy atom. The average Bonchev–Trinajstić information content (AvgIpc) is 3.07. The van der Waals surface area contributed by atoms with E-state index in [9.17, 15) is 13.6 Å². The molecule has 122 valence electrons. The van der Waals surface area contributed by atoms with Crippen LogP contribution in [0.25, 0.3) is 0 Å². The second-order valence-electron chi connectivity index (χ2n) is 5.38. The number of rotatable bonds is 5. The zero-order valence-corrected chi connectivity index (χ0v) is 12.8. The van der Waals surface area contributed by atoms with Crippen LogP contribution in [-0.4, -0.2) is 10.8 Å². The van der Waals surface area contributed by atoms with E-state index < -0.39 is 17.5 Å². The molecule has 1 amide bonds. The fraction of sp³-hybridized carbons (Fsp3) is 0.105. The van der Waals surface area contributed by atoms with Crippen LogP contribution in [0, 0.1) is 11.6 Å². The average molecular weight is 327 g/mol. The molecule has 0 fully saturated rings. The molecule has 3 nitrogen and oxygen atoms in total. The van der Waals surface area contributed by atoms with Gasteiger partial charge in [-0.05, 0) is 29.8 Å². The molecule has 1 aromatic heterocycles. The van der Waals surface area contributed by atoms with Crippen molar-refractivity contribution in [2.75, 3.05) is 0 Å². The molecule has 3 aromatic rings. The van der Waals surface area contributed by atoms with E-state index in [0.717, 1.165) is 23.8 Å². The van der Waals surface area contributed by atoms with E-state index in [1.165, 1.54) is 11.2 Å². The highest BCUT2D eigenvalue weighted by Gasteiger charge is 2.19. The number of halogens is 2. The molecule has 0 spiro atoms. The van der Waals surface area contributed by atoms with Crippen LogP contribution in [0.2, 0.25) is 0 Å².